The van der Waals surface area contributed by atoms with Gasteiger partial charge in [0.2, 0.25) is 0 Å². The summed E-state index contributed by atoms with van der Waals surface area (Å²) >= 11 is 0. The van der Waals surface area contributed by atoms with Crippen LogP contribution in [0.2, 0.25) is 0 Å². The van der Waals surface area contributed by atoms with E-state index in [9.17, 15) is 9.59 Å². The fourth-order valence-corrected chi connectivity index (χ4v) is 4.50. The minimum Gasteiger partial charge on any atom is -0.465 e. The quantitative estimate of drug-likeness (QED) is 0.0817. The van der Waals surface area contributed by atoms with Gasteiger partial charge in [0.05, 0.1) is 25.7 Å². The number of hydrogen-bond donors (Lipinski definition) is 0. The van der Waals surface area contributed by atoms with E-state index in [-0.39, 0.29) is 30.2 Å². The maximum atomic E-state index is 13.0. The Hall–Kier alpha value is -1.14. The molecule has 0 rings (SSSR count). The van der Waals surface area contributed by atoms with Crippen molar-refractivity contribution in [2.24, 2.45) is 11.8 Å². The second-order valence-corrected chi connectivity index (χ2v) is 11.7. The van der Waals surface area contributed by atoms with Crippen LogP contribution in [0.5, 0.6) is 0 Å². The van der Waals surface area contributed by atoms with E-state index < -0.39 is 6.04 Å². The van der Waals surface area contributed by atoms with Gasteiger partial charge in [-0.2, -0.15) is 0 Å². The Morgan fingerprint density at radius 2 is 1.26 bits per heavy atom. The van der Waals surface area contributed by atoms with Crippen molar-refractivity contribution in [3.05, 3.63) is 0 Å². The lowest BCUT2D eigenvalue weighted by Gasteiger charge is -2.30. The monoisotopic (exact) mass is 541 g/mol. The molecular weight excluding hydrogens is 478 g/mol. The number of rotatable bonds is 26. The van der Waals surface area contributed by atoms with Crippen LogP contribution < -0.4 is 0 Å². The van der Waals surface area contributed by atoms with E-state index in [1.165, 1.54) is 57.8 Å². The van der Waals surface area contributed by atoms with Gasteiger partial charge >= 0.3 is 11.9 Å². The standard InChI is InChI=1S/C32H63NO5/c1-8-11-12-13-14-15-16-17-18-20-29(10-3)36-23-19-22-33(21-9-2)30(32(35)38-26-28(6)7)24-31(34)37-25-27(4)5/h27-30H,8-26H2,1-7H3/t29?,30-/m0/s1. The molecule has 38 heavy (non-hydrogen) atoms. The molecule has 0 heterocycles. The van der Waals surface area contributed by atoms with Gasteiger partial charge in [-0.3, -0.25) is 14.5 Å². The van der Waals surface area contributed by atoms with Crippen LogP contribution in [0.15, 0.2) is 0 Å². The highest BCUT2D eigenvalue weighted by atomic mass is 16.5. The molecule has 2 atom stereocenters. The number of esters is 2. The largest absolute Gasteiger partial charge is 0.465 e. The zero-order valence-corrected chi connectivity index (χ0v) is 26.2. The van der Waals surface area contributed by atoms with Gasteiger partial charge in [-0.05, 0) is 44.1 Å². The summed E-state index contributed by atoms with van der Waals surface area (Å²) in [7, 11) is 0. The lowest BCUT2D eigenvalue weighted by Crippen LogP contribution is -2.45. The maximum Gasteiger partial charge on any atom is 0.323 e. The van der Waals surface area contributed by atoms with Gasteiger partial charge in [0.1, 0.15) is 6.04 Å². The SMILES string of the molecule is CCCCCCCCCCCC(CC)OCCCN(CCC)[C@@H](CC(=O)OCC(C)C)C(=O)OCC(C)C. The Morgan fingerprint density at radius 3 is 1.82 bits per heavy atom. The molecule has 0 aliphatic carbocycles. The molecule has 0 saturated carbocycles. The molecule has 0 aliphatic rings. The number of ether oxygens (including phenoxy) is 3. The minimum absolute atomic E-state index is 0.0285. The molecule has 226 valence electrons. The van der Waals surface area contributed by atoms with Crippen molar-refractivity contribution < 1.29 is 23.8 Å². The summed E-state index contributed by atoms with van der Waals surface area (Å²) in [4.78, 5) is 27.6. The van der Waals surface area contributed by atoms with E-state index in [2.05, 4.69) is 25.7 Å². The lowest BCUT2D eigenvalue weighted by atomic mass is 10.0. The van der Waals surface area contributed by atoms with Crippen molar-refractivity contribution in [2.75, 3.05) is 32.9 Å². The Morgan fingerprint density at radius 1 is 0.684 bits per heavy atom. The zero-order valence-electron chi connectivity index (χ0n) is 26.2. The third kappa shape index (κ3) is 20.8. The average Bonchev–Trinajstić information content (AvgIpc) is 2.88. The van der Waals surface area contributed by atoms with Crippen LogP contribution in [0, 0.1) is 11.8 Å². The minimum atomic E-state index is -0.614. The Labute approximate surface area is 235 Å². The van der Waals surface area contributed by atoms with Gasteiger partial charge in [0.15, 0.2) is 0 Å². The third-order valence-corrected chi connectivity index (χ3v) is 6.75. The van der Waals surface area contributed by atoms with Crippen molar-refractivity contribution in [3.63, 3.8) is 0 Å². The fourth-order valence-electron chi connectivity index (χ4n) is 4.50. The van der Waals surface area contributed by atoms with E-state index in [1.807, 2.05) is 27.7 Å². The second-order valence-electron chi connectivity index (χ2n) is 11.7. The molecule has 0 fully saturated rings. The Kier molecular flexibility index (Phi) is 24.1. The first kappa shape index (κ1) is 36.9. The summed E-state index contributed by atoms with van der Waals surface area (Å²) in [5.74, 6) is -0.158. The van der Waals surface area contributed by atoms with Gasteiger partial charge in [-0.1, -0.05) is 106 Å². The molecule has 0 N–H and O–H groups in total. The van der Waals surface area contributed by atoms with Gasteiger partial charge in [-0.15, -0.1) is 0 Å². The highest BCUT2D eigenvalue weighted by molar-refractivity contribution is 5.82. The smallest absolute Gasteiger partial charge is 0.323 e. The van der Waals surface area contributed by atoms with E-state index in [0.717, 1.165) is 32.2 Å². The number of unbranched alkanes of at least 4 members (excludes halogenated alkanes) is 8. The van der Waals surface area contributed by atoms with Gasteiger partial charge in [0, 0.05) is 13.2 Å². The van der Waals surface area contributed by atoms with Gasteiger partial charge in [0.25, 0.3) is 0 Å². The van der Waals surface area contributed by atoms with Crippen LogP contribution in [0.3, 0.4) is 0 Å². The summed E-state index contributed by atoms with van der Waals surface area (Å²) in [6.07, 6.45) is 16.3. The van der Waals surface area contributed by atoms with E-state index in [1.54, 1.807) is 0 Å². The molecule has 0 aromatic carbocycles. The van der Waals surface area contributed by atoms with Crippen molar-refractivity contribution in [2.45, 2.75) is 151 Å². The number of carbonyl (C=O) groups is 2. The predicted molar refractivity (Wildman–Crippen MR) is 158 cm³/mol. The zero-order chi connectivity index (χ0) is 28.6. The molecule has 1 unspecified atom stereocenters. The van der Waals surface area contributed by atoms with Crippen LogP contribution in [-0.2, 0) is 23.8 Å². The fraction of sp³-hybridized carbons (Fsp3) is 0.938. The molecule has 0 bridgehead atoms. The topological polar surface area (TPSA) is 65.1 Å². The van der Waals surface area contributed by atoms with Crippen molar-refractivity contribution in [1.82, 2.24) is 4.90 Å². The molecule has 6 heteroatoms. The Bertz CT molecular complexity index is 566. The molecule has 0 radical (unpaired) electrons. The van der Waals surface area contributed by atoms with Crippen LogP contribution in [0.4, 0.5) is 0 Å². The van der Waals surface area contributed by atoms with Gasteiger partial charge < -0.3 is 14.2 Å². The lowest BCUT2D eigenvalue weighted by molar-refractivity contribution is -0.158. The summed E-state index contributed by atoms with van der Waals surface area (Å²) in [5.41, 5.74) is 0. The average molecular weight is 542 g/mol. The summed E-state index contributed by atoms with van der Waals surface area (Å²) in [6.45, 7) is 17.4. The maximum absolute atomic E-state index is 13.0. The van der Waals surface area contributed by atoms with Crippen LogP contribution in [0.1, 0.15) is 138 Å². The number of carbonyl (C=O) groups excluding carboxylic acids is 2. The van der Waals surface area contributed by atoms with E-state index in [0.29, 0.717) is 32.5 Å². The van der Waals surface area contributed by atoms with E-state index >= 15 is 0 Å². The van der Waals surface area contributed by atoms with Crippen LogP contribution in [-0.4, -0.2) is 61.9 Å². The van der Waals surface area contributed by atoms with Crippen LogP contribution in [0.25, 0.3) is 0 Å². The first-order valence-electron chi connectivity index (χ1n) is 15.9. The first-order valence-corrected chi connectivity index (χ1v) is 15.9. The van der Waals surface area contributed by atoms with Gasteiger partial charge in [-0.25, -0.2) is 0 Å². The third-order valence-electron chi connectivity index (χ3n) is 6.75. The van der Waals surface area contributed by atoms with Crippen LogP contribution >= 0.6 is 0 Å². The summed E-state index contributed by atoms with van der Waals surface area (Å²) in [6, 6.07) is -0.614. The molecule has 0 saturated heterocycles. The highest BCUT2D eigenvalue weighted by Gasteiger charge is 2.30. The van der Waals surface area contributed by atoms with E-state index in [4.69, 9.17) is 14.2 Å². The molecule has 0 aromatic heterocycles. The molecule has 0 aromatic rings. The number of nitrogens with zero attached hydrogens (tertiary/aromatic N) is 1. The summed E-state index contributed by atoms with van der Waals surface area (Å²) < 4.78 is 17.2. The highest BCUT2D eigenvalue weighted by Crippen LogP contribution is 2.16. The molecule has 0 spiro atoms. The molecule has 0 amide bonds. The van der Waals surface area contributed by atoms with Crippen molar-refractivity contribution in [3.8, 4) is 0 Å². The van der Waals surface area contributed by atoms with Crippen molar-refractivity contribution >= 4 is 11.9 Å². The molecule has 0 aliphatic heterocycles. The second kappa shape index (κ2) is 24.9. The van der Waals surface area contributed by atoms with Crippen molar-refractivity contribution in [1.29, 1.82) is 0 Å². The Balaban J connectivity index is 4.63. The first-order chi connectivity index (χ1) is 18.2. The summed E-state index contributed by atoms with van der Waals surface area (Å²) in [5, 5.41) is 0. The molecule has 6 nitrogen and oxygen atoms in total. The predicted octanol–water partition coefficient (Wildman–Crippen LogP) is 7.96. The normalized spacial score (nSPS) is 13.3. The number of hydrogen-bond acceptors (Lipinski definition) is 6. The molecular formula is C32H63NO5.